The molecule has 10 heteroatoms. The van der Waals surface area contributed by atoms with Gasteiger partial charge in [-0.05, 0) is 37.5 Å². The van der Waals surface area contributed by atoms with Gasteiger partial charge in [0, 0.05) is 32.3 Å². The number of aliphatic hydroxyl groups excluding tert-OH is 1. The summed E-state index contributed by atoms with van der Waals surface area (Å²) in [5.41, 5.74) is 2.87. The van der Waals surface area contributed by atoms with Gasteiger partial charge in [0.1, 0.15) is 12.0 Å². The van der Waals surface area contributed by atoms with Crippen molar-refractivity contribution in [2.45, 2.75) is 31.7 Å². The summed E-state index contributed by atoms with van der Waals surface area (Å²) in [6.07, 6.45) is 3.60. The van der Waals surface area contributed by atoms with Gasteiger partial charge in [0.15, 0.2) is 11.6 Å². The van der Waals surface area contributed by atoms with Crippen LogP contribution in [0.2, 0.25) is 0 Å². The summed E-state index contributed by atoms with van der Waals surface area (Å²) in [6.45, 7) is 3.18. The summed E-state index contributed by atoms with van der Waals surface area (Å²) < 4.78 is 7.33. The van der Waals surface area contributed by atoms with Crippen molar-refractivity contribution in [1.29, 1.82) is 5.26 Å². The molecule has 0 spiro atoms. The van der Waals surface area contributed by atoms with E-state index < -0.39 is 6.35 Å². The topological polar surface area (TPSA) is 115 Å². The Morgan fingerprint density at radius 3 is 2.71 bits per heavy atom. The highest BCUT2D eigenvalue weighted by molar-refractivity contribution is 5.85. The second-order valence-corrected chi connectivity index (χ2v) is 8.09. The van der Waals surface area contributed by atoms with Crippen molar-refractivity contribution in [3.8, 4) is 12.0 Å². The summed E-state index contributed by atoms with van der Waals surface area (Å²) >= 11 is 0. The zero-order valence-electron chi connectivity index (χ0n) is 16.9. The van der Waals surface area contributed by atoms with Crippen molar-refractivity contribution in [1.82, 2.24) is 19.5 Å². The predicted molar refractivity (Wildman–Crippen MR) is 114 cm³/mol. The molecule has 3 aliphatic rings. The maximum absolute atomic E-state index is 10.9. The van der Waals surface area contributed by atoms with Crippen LogP contribution in [0.3, 0.4) is 0 Å². The molecule has 10 nitrogen and oxygen atoms in total. The average molecular weight is 418 g/mol. The number of aromatic nitrogens is 4. The van der Waals surface area contributed by atoms with E-state index in [0.29, 0.717) is 30.5 Å². The lowest BCUT2D eigenvalue weighted by Gasteiger charge is -2.34. The van der Waals surface area contributed by atoms with Gasteiger partial charge in [0.2, 0.25) is 12.3 Å². The third-order valence-corrected chi connectivity index (χ3v) is 6.27. The zero-order valence-corrected chi connectivity index (χ0v) is 16.9. The van der Waals surface area contributed by atoms with Crippen molar-refractivity contribution in [2.24, 2.45) is 0 Å². The van der Waals surface area contributed by atoms with Crippen LogP contribution < -0.4 is 15.1 Å². The standard InChI is InChI=1S/C21H22N8O2/c22-11-13-2-3-15-16(10-13)28(12-23-15)20-25-18(27-6-1-7-27)17-19(26-20)29(21(30)24-17)14-4-8-31-9-5-14/h2-3,10,12,14,21,24,30H,1,4-9H2. The van der Waals surface area contributed by atoms with Gasteiger partial charge in [-0.15, -0.1) is 0 Å². The minimum absolute atomic E-state index is 0.134. The number of aliphatic hydroxyl groups is 1. The SMILES string of the molecule is N#Cc1ccc2ncn(-c3nc(N4CCC4)c4c(n3)N(C3CCOCC3)C(O)N4)c2c1. The number of benzene rings is 1. The molecule has 0 bridgehead atoms. The van der Waals surface area contributed by atoms with E-state index >= 15 is 0 Å². The van der Waals surface area contributed by atoms with Crippen LogP contribution in [0.1, 0.15) is 24.8 Å². The van der Waals surface area contributed by atoms with Gasteiger partial charge in [-0.1, -0.05) is 0 Å². The molecule has 1 unspecified atom stereocenters. The molecule has 0 aliphatic carbocycles. The summed E-state index contributed by atoms with van der Waals surface area (Å²) in [6, 6.07) is 7.69. The molecule has 1 atom stereocenters. The van der Waals surface area contributed by atoms with Crippen molar-refractivity contribution in [3.63, 3.8) is 0 Å². The van der Waals surface area contributed by atoms with Crippen LogP contribution in [0.4, 0.5) is 17.3 Å². The van der Waals surface area contributed by atoms with Crippen LogP contribution in [0.25, 0.3) is 17.0 Å². The predicted octanol–water partition coefficient (Wildman–Crippen LogP) is 1.58. The number of ether oxygens (including phenoxy) is 1. The van der Waals surface area contributed by atoms with Gasteiger partial charge in [0.25, 0.3) is 0 Å². The number of nitrogens with zero attached hydrogens (tertiary/aromatic N) is 7. The van der Waals surface area contributed by atoms with Crippen LogP contribution >= 0.6 is 0 Å². The maximum atomic E-state index is 10.9. The smallest absolute Gasteiger partial charge is 0.239 e. The largest absolute Gasteiger partial charge is 0.381 e. The maximum Gasteiger partial charge on any atom is 0.239 e. The number of hydrogen-bond donors (Lipinski definition) is 2. The molecule has 31 heavy (non-hydrogen) atoms. The van der Waals surface area contributed by atoms with E-state index in [1.165, 1.54) is 0 Å². The first kappa shape index (κ1) is 18.4. The fourth-order valence-electron chi connectivity index (χ4n) is 4.49. The number of hydrogen-bond acceptors (Lipinski definition) is 9. The molecule has 3 aromatic rings. The summed E-state index contributed by atoms with van der Waals surface area (Å²) in [4.78, 5) is 18.3. The minimum atomic E-state index is -0.854. The Balaban J connectivity index is 1.51. The number of imidazole rings is 1. The van der Waals surface area contributed by atoms with E-state index in [1.54, 1.807) is 18.5 Å². The molecule has 3 aliphatic heterocycles. The molecule has 5 heterocycles. The Morgan fingerprint density at radius 1 is 1.16 bits per heavy atom. The molecule has 0 radical (unpaired) electrons. The van der Waals surface area contributed by atoms with Crippen LogP contribution in [-0.2, 0) is 4.74 Å². The average Bonchev–Trinajstić information content (AvgIpc) is 3.33. The number of nitriles is 1. The number of nitrogens with one attached hydrogen (secondary N) is 1. The lowest BCUT2D eigenvalue weighted by Crippen LogP contribution is -2.46. The van der Waals surface area contributed by atoms with Crippen LogP contribution in [0.15, 0.2) is 24.5 Å². The van der Waals surface area contributed by atoms with E-state index in [-0.39, 0.29) is 6.04 Å². The van der Waals surface area contributed by atoms with E-state index in [4.69, 9.17) is 14.7 Å². The molecular formula is C21H22N8O2. The zero-order chi connectivity index (χ0) is 20.9. The van der Waals surface area contributed by atoms with Crippen LogP contribution in [0, 0.1) is 11.3 Å². The van der Waals surface area contributed by atoms with Crippen molar-refractivity contribution < 1.29 is 9.84 Å². The van der Waals surface area contributed by atoms with Gasteiger partial charge >= 0.3 is 0 Å². The normalized spacial score (nSPS) is 21.0. The summed E-state index contributed by atoms with van der Waals surface area (Å²) in [5.74, 6) is 1.97. The fourth-order valence-corrected chi connectivity index (χ4v) is 4.49. The van der Waals surface area contributed by atoms with E-state index in [2.05, 4.69) is 21.3 Å². The van der Waals surface area contributed by atoms with Crippen molar-refractivity contribution in [2.75, 3.05) is 41.4 Å². The van der Waals surface area contributed by atoms with E-state index in [9.17, 15) is 10.4 Å². The number of anilines is 3. The molecule has 2 N–H and O–H groups in total. The molecule has 6 rings (SSSR count). The van der Waals surface area contributed by atoms with Gasteiger partial charge in [-0.2, -0.15) is 15.2 Å². The lowest BCUT2D eigenvalue weighted by atomic mass is 10.1. The van der Waals surface area contributed by atoms with Gasteiger partial charge < -0.3 is 25.0 Å². The minimum Gasteiger partial charge on any atom is -0.381 e. The van der Waals surface area contributed by atoms with Crippen molar-refractivity contribution >= 4 is 28.4 Å². The Bertz CT molecular complexity index is 1190. The quantitative estimate of drug-likeness (QED) is 0.654. The molecule has 2 fully saturated rings. The van der Waals surface area contributed by atoms with Crippen LogP contribution in [0.5, 0.6) is 0 Å². The molecule has 2 saturated heterocycles. The molecule has 0 saturated carbocycles. The van der Waals surface area contributed by atoms with E-state index in [0.717, 1.165) is 54.9 Å². The molecule has 0 amide bonds. The first-order valence-corrected chi connectivity index (χ1v) is 10.6. The highest BCUT2D eigenvalue weighted by Crippen LogP contribution is 2.43. The lowest BCUT2D eigenvalue weighted by molar-refractivity contribution is 0.0732. The van der Waals surface area contributed by atoms with Gasteiger partial charge in [0.05, 0.1) is 22.7 Å². The van der Waals surface area contributed by atoms with Crippen molar-refractivity contribution in [3.05, 3.63) is 30.1 Å². The van der Waals surface area contributed by atoms with Gasteiger partial charge in [-0.3, -0.25) is 4.57 Å². The fraction of sp³-hybridized carbons (Fsp3) is 0.429. The van der Waals surface area contributed by atoms with Gasteiger partial charge in [-0.25, -0.2) is 4.98 Å². The molecule has 158 valence electrons. The first-order valence-electron chi connectivity index (χ1n) is 10.6. The van der Waals surface area contributed by atoms with Crippen LogP contribution in [-0.4, -0.2) is 63.3 Å². The summed E-state index contributed by atoms with van der Waals surface area (Å²) in [5, 5.41) is 23.4. The summed E-state index contributed by atoms with van der Waals surface area (Å²) in [7, 11) is 0. The molecule has 1 aromatic carbocycles. The Hall–Kier alpha value is -3.42. The Morgan fingerprint density at radius 2 is 1.97 bits per heavy atom. The third kappa shape index (κ3) is 2.89. The first-order chi connectivity index (χ1) is 15.2. The van der Waals surface area contributed by atoms with E-state index in [1.807, 2.05) is 15.5 Å². The second-order valence-electron chi connectivity index (χ2n) is 8.09. The monoisotopic (exact) mass is 418 g/mol. The second kappa shape index (κ2) is 7.08. The molecule has 2 aromatic heterocycles. The Labute approximate surface area is 178 Å². The molecular weight excluding hydrogens is 396 g/mol. The highest BCUT2D eigenvalue weighted by Gasteiger charge is 2.39. The number of fused-ring (bicyclic) bond motifs is 2. The third-order valence-electron chi connectivity index (χ3n) is 6.27. The number of rotatable bonds is 3. The Kier molecular flexibility index (Phi) is 4.19. The highest BCUT2D eigenvalue weighted by atomic mass is 16.5.